The predicted molar refractivity (Wildman–Crippen MR) is 118 cm³/mol. The minimum Gasteiger partial charge on any atom is -0.381 e. The van der Waals surface area contributed by atoms with E-state index in [4.69, 9.17) is 4.74 Å². The second kappa shape index (κ2) is 22.2. The Kier molecular flexibility index (Phi) is 21.5. The minimum absolute atomic E-state index is 0.936. The molecule has 0 saturated heterocycles. The first-order valence-electron chi connectivity index (χ1n) is 11.5. The molecule has 0 aliphatic rings. The van der Waals surface area contributed by atoms with Crippen LogP contribution in [0.3, 0.4) is 0 Å². The summed E-state index contributed by atoms with van der Waals surface area (Å²) in [7, 11) is 0. The summed E-state index contributed by atoms with van der Waals surface area (Å²) in [5.41, 5.74) is 1.49. The Morgan fingerprint density at radius 2 is 1.04 bits per heavy atom. The molecule has 0 bridgehead atoms. The molecule has 0 radical (unpaired) electrons. The smallest absolute Gasteiger partial charge is 0.0466 e. The zero-order valence-corrected chi connectivity index (χ0v) is 18.1. The molecule has 0 unspecified atom stereocenters. The van der Waals surface area contributed by atoms with Crippen molar-refractivity contribution in [2.24, 2.45) is 0 Å². The van der Waals surface area contributed by atoms with Crippen molar-refractivity contribution in [1.29, 1.82) is 0 Å². The Labute approximate surface area is 164 Å². The third-order valence-electron chi connectivity index (χ3n) is 4.45. The van der Waals surface area contributed by atoms with Crippen molar-refractivity contribution >= 4 is 0 Å². The summed E-state index contributed by atoms with van der Waals surface area (Å²) in [5, 5.41) is 0. The molecule has 1 rings (SSSR count). The third-order valence-corrected chi connectivity index (χ3v) is 4.45. The van der Waals surface area contributed by atoms with Gasteiger partial charge in [-0.15, -0.1) is 0 Å². The number of unbranched alkanes of at least 4 members (excludes halogenated alkanes) is 10. The molecule has 0 aromatic heterocycles. The maximum Gasteiger partial charge on any atom is 0.0466 e. The van der Waals surface area contributed by atoms with Gasteiger partial charge in [-0.05, 0) is 31.2 Å². The zero-order valence-electron chi connectivity index (χ0n) is 18.1. The van der Waals surface area contributed by atoms with Gasteiger partial charge in [0.15, 0.2) is 0 Å². The second-order valence-corrected chi connectivity index (χ2v) is 7.44. The van der Waals surface area contributed by atoms with Gasteiger partial charge in [0.2, 0.25) is 0 Å². The normalized spacial score (nSPS) is 10.4. The van der Waals surface area contributed by atoms with Crippen LogP contribution >= 0.6 is 0 Å². The number of hydrogen-bond donors (Lipinski definition) is 0. The fraction of sp³-hybridized carbons (Fsp3) is 0.760. The molecule has 0 saturated carbocycles. The van der Waals surface area contributed by atoms with Gasteiger partial charge in [0.25, 0.3) is 0 Å². The lowest BCUT2D eigenvalue weighted by Gasteiger charge is -2.04. The van der Waals surface area contributed by atoms with Gasteiger partial charge in [0.05, 0.1) is 0 Å². The quantitative estimate of drug-likeness (QED) is 0.268. The fourth-order valence-electron chi connectivity index (χ4n) is 3.02. The van der Waals surface area contributed by atoms with Crippen LogP contribution in [0.25, 0.3) is 0 Å². The van der Waals surface area contributed by atoms with E-state index in [2.05, 4.69) is 51.1 Å². The fourth-order valence-corrected chi connectivity index (χ4v) is 3.02. The molecule has 0 fully saturated rings. The number of benzene rings is 1. The van der Waals surface area contributed by atoms with Crippen molar-refractivity contribution in [1.82, 2.24) is 0 Å². The first kappa shape index (κ1) is 25.2. The van der Waals surface area contributed by atoms with Crippen molar-refractivity contribution in [3.63, 3.8) is 0 Å². The molecule has 0 spiro atoms. The van der Waals surface area contributed by atoms with Gasteiger partial charge in [-0.25, -0.2) is 0 Å². The molecular weight excluding hydrogens is 316 g/mol. The van der Waals surface area contributed by atoms with Crippen LogP contribution < -0.4 is 0 Å². The maximum absolute atomic E-state index is 5.50. The molecule has 0 atom stereocenters. The van der Waals surface area contributed by atoms with Crippen LogP contribution in [0.15, 0.2) is 30.3 Å². The molecule has 1 nitrogen and oxygen atoms in total. The highest BCUT2D eigenvalue weighted by molar-refractivity contribution is 5.14. The van der Waals surface area contributed by atoms with Crippen molar-refractivity contribution in [3.8, 4) is 0 Å². The van der Waals surface area contributed by atoms with Crippen LogP contribution in [-0.2, 0) is 11.2 Å². The van der Waals surface area contributed by atoms with E-state index in [-0.39, 0.29) is 0 Å². The van der Waals surface area contributed by atoms with Gasteiger partial charge >= 0.3 is 0 Å². The maximum atomic E-state index is 5.50. The lowest BCUT2D eigenvalue weighted by Crippen LogP contribution is -1.95. The molecule has 1 heteroatoms. The summed E-state index contributed by atoms with van der Waals surface area (Å²) in [4.78, 5) is 0. The minimum atomic E-state index is 0.936. The molecule has 152 valence electrons. The molecular formula is C25H46O. The Morgan fingerprint density at radius 1 is 0.577 bits per heavy atom. The molecule has 0 aliphatic heterocycles. The summed E-state index contributed by atoms with van der Waals surface area (Å²) in [6.07, 6.45) is 19.0. The van der Waals surface area contributed by atoms with Gasteiger partial charge in [-0.3, -0.25) is 0 Å². The van der Waals surface area contributed by atoms with Crippen molar-refractivity contribution in [3.05, 3.63) is 35.9 Å². The highest BCUT2D eigenvalue weighted by Crippen LogP contribution is 2.12. The third kappa shape index (κ3) is 19.5. The summed E-state index contributed by atoms with van der Waals surface area (Å²) >= 11 is 0. The van der Waals surface area contributed by atoms with Gasteiger partial charge in [-0.1, -0.05) is 115 Å². The van der Waals surface area contributed by atoms with Crippen LogP contribution in [0.5, 0.6) is 0 Å². The van der Waals surface area contributed by atoms with Gasteiger partial charge in [0, 0.05) is 13.2 Å². The first-order chi connectivity index (χ1) is 12.8. The van der Waals surface area contributed by atoms with E-state index < -0.39 is 0 Å². The highest BCUT2D eigenvalue weighted by Gasteiger charge is 1.95. The average Bonchev–Trinajstić information content (AvgIpc) is 2.66. The standard InChI is InChI=1S/C22H38O.C3H8/c1-2-20-23-21-16-11-9-7-5-3-4-6-8-10-13-17-22-18-14-12-15-19-22;1-3-2/h12,14-15,18-19H,2-11,13,16-17,20-21H2,1H3;3H2,1-2H3. The zero-order chi connectivity index (χ0) is 19.1. The largest absolute Gasteiger partial charge is 0.381 e. The number of rotatable bonds is 16. The first-order valence-corrected chi connectivity index (χ1v) is 11.5. The second-order valence-electron chi connectivity index (χ2n) is 7.44. The molecule has 0 aliphatic carbocycles. The van der Waals surface area contributed by atoms with Crippen LogP contribution in [0.1, 0.15) is 110 Å². The van der Waals surface area contributed by atoms with E-state index in [0.29, 0.717) is 0 Å². The van der Waals surface area contributed by atoms with E-state index in [1.807, 2.05) is 0 Å². The SMILES string of the molecule is CCC.CCCOCCCCCCCCCCCCCc1ccccc1. The lowest BCUT2D eigenvalue weighted by molar-refractivity contribution is 0.130. The Bertz CT molecular complexity index is 346. The summed E-state index contributed by atoms with van der Waals surface area (Å²) < 4.78 is 5.50. The monoisotopic (exact) mass is 362 g/mol. The topological polar surface area (TPSA) is 9.23 Å². The van der Waals surface area contributed by atoms with Crippen molar-refractivity contribution in [2.45, 2.75) is 111 Å². The average molecular weight is 363 g/mol. The van der Waals surface area contributed by atoms with E-state index in [9.17, 15) is 0 Å². The number of aryl methyl sites for hydroxylation is 1. The van der Waals surface area contributed by atoms with Crippen molar-refractivity contribution in [2.75, 3.05) is 13.2 Å². The van der Waals surface area contributed by atoms with Crippen LogP contribution in [0.4, 0.5) is 0 Å². The molecule has 0 heterocycles. The Morgan fingerprint density at radius 3 is 1.54 bits per heavy atom. The number of ether oxygens (including phenoxy) is 1. The number of hydrogen-bond acceptors (Lipinski definition) is 1. The molecule has 1 aromatic rings. The summed E-state index contributed by atoms with van der Waals surface area (Å²) in [5.74, 6) is 0. The van der Waals surface area contributed by atoms with E-state index in [1.165, 1.54) is 89.0 Å². The van der Waals surface area contributed by atoms with Crippen LogP contribution in [-0.4, -0.2) is 13.2 Å². The summed E-state index contributed by atoms with van der Waals surface area (Å²) in [6, 6.07) is 10.9. The highest BCUT2D eigenvalue weighted by atomic mass is 16.5. The Balaban J connectivity index is 0.00000194. The Hall–Kier alpha value is -0.820. The molecule has 0 N–H and O–H groups in total. The van der Waals surface area contributed by atoms with Crippen LogP contribution in [0.2, 0.25) is 0 Å². The molecule has 26 heavy (non-hydrogen) atoms. The van der Waals surface area contributed by atoms with E-state index >= 15 is 0 Å². The lowest BCUT2D eigenvalue weighted by atomic mass is 10.0. The van der Waals surface area contributed by atoms with Crippen LogP contribution in [0, 0.1) is 0 Å². The molecule has 0 amide bonds. The molecule has 1 aromatic carbocycles. The predicted octanol–water partition coefficient (Wildman–Crippen LogP) is 8.36. The summed E-state index contributed by atoms with van der Waals surface area (Å²) in [6.45, 7) is 8.32. The van der Waals surface area contributed by atoms with Gasteiger partial charge in [-0.2, -0.15) is 0 Å². The van der Waals surface area contributed by atoms with Gasteiger partial charge < -0.3 is 4.74 Å². The van der Waals surface area contributed by atoms with E-state index in [1.54, 1.807) is 0 Å². The van der Waals surface area contributed by atoms with E-state index in [0.717, 1.165) is 19.6 Å². The van der Waals surface area contributed by atoms with Crippen molar-refractivity contribution < 1.29 is 4.74 Å². The van der Waals surface area contributed by atoms with Gasteiger partial charge in [0.1, 0.15) is 0 Å².